The van der Waals surface area contributed by atoms with Gasteiger partial charge in [-0.15, -0.1) is 0 Å². The van der Waals surface area contributed by atoms with Crippen LogP contribution in [0.5, 0.6) is 0 Å². The highest BCUT2D eigenvalue weighted by molar-refractivity contribution is 6.51. The average Bonchev–Trinajstić information content (AvgIpc) is 3.09. The van der Waals surface area contributed by atoms with Crippen LogP contribution >= 0.6 is 0 Å². The Hall–Kier alpha value is -4.53. The van der Waals surface area contributed by atoms with E-state index in [1.165, 1.54) is 35.4 Å². The van der Waals surface area contributed by atoms with Crippen molar-refractivity contribution in [2.45, 2.75) is 6.04 Å². The van der Waals surface area contributed by atoms with Crippen molar-refractivity contribution in [1.29, 1.82) is 0 Å². The van der Waals surface area contributed by atoms with Crippen LogP contribution in [0, 0.1) is 10.1 Å². The van der Waals surface area contributed by atoms with E-state index in [-0.39, 0.29) is 16.8 Å². The Labute approximate surface area is 189 Å². The minimum Gasteiger partial charge on any atom is -0.507 e. The van der Waals surface area contributed by atoms with Crippen molar-refractivity contribution in [2.24, 2.45) is 0 Å². The number of aliphatic hydroxyl groups excluding tert-OH is 1. The van der Waals surface area contributed by atoms with Crippen molar-refractivity contribution in [3.05, 3.63) is 99.9 Å². The Kier molecular flexibility index (Phi) is 5.61. The number of carbonyl (C=O) groups excluding carboxylic acids is 2. The molecule has 1 aromatic heterocycles. The third kappa shape index (κ3) is 3.91. The van der Waals surface area contributed by atoms with Gasteiger partial charge in [-0.25, -0.2) is 0 Å². The number of amides is 1. The lowest BCUT2D eigenvalue weighted by molar-refractivity contribution is -0.384. The molecule has 2 aromatic carbocycles. The molecule has 1 saturated heterocycles. The number of hydrogen-bond donors (Lipinski definition) is 1. The zero-order chi connectivity index (χ0) is 23.7. The molecular weight excluding hydrogens is 424 g/mol. The summed E-state index contributed by atoms with van der Waals surface area (Å²) in [6.45, 7) is 0. The van der Waals surface area contributed by atoms with Crippen LogP contribution in [0.15, 0.2) is 78.6 Å². The maximum atomic E-state index is 13.1. The van der Waals surface area contributed by atoms with Gasteiger partial charge < -0.3 is 10.0 Å². The Morgan fingerprint density at radius 3 is 2.27 bits per heavy atom. The fourth-order valence-electron chi connectivity index (χ4n) is 3.76. The molecule has 166 valence electrons. The summed E-state index contributed by atoms with van der Waals surface area (Å²) >= 11 is 0. The first kappa shape index (κ1) is 21.7. The van der Waals surface area contributed by atoms with Gasteiger partial charge in [0.15, 0.2) is 0 Å². The minimum absolute atomic E-state index is 0.112. The summed E-state index contributed by atoms with van der Waals surface area (Å²) in [6, 6.07) is 14.7. The number of ketones is 1. The van der Waals surface area contributed by atoms with Crippen molar-refractivity contribution in [3.63, 3.8) is 0 Å². The summed E-state index contributed by atoms with van der Waals surface area (Å²) in [5.41, 5.74) is 1.86. The Morgan fingerprint density at radius 1 is 1.06 bits per heavy atom. The summed E-state index contributed by atoms with van der Waals surface area (Å²) < 4.78 is 0. The predicted octanol–water partition coefficient (Wildman–Crippen LogP) is 3.68. The van der Waals surface area contributed by atoms with Gasteiger partial charge in [0.1, 0.15) is 5.76 Å². The molecule has 1 fully saturated rings. The number of rotatable bonds is 5. The first-order valence-corrected chi connectivity index (χ1v) is 10.0. The number of non-ortho nitro benzene ring substituents is 1. The lowest BCUT2D eigenvalue weighted by atomic mass is 9.96. The van der Waals surface area contributed by atoms with Gasteiger partial charge in [-0.05, 0) is 48.0 Å². The van der Waals surface area contributed by atoms with Crippen LogP contribution in [-0.2, 0) is 9.59 Å². The van der Waals surface area contributed by atoms with Crippen molar-refractivity contribution in [2.75, 3.05) is 23.9 Å². The summed E-state index contributed by atoms with van der Waals surface area (Å²) in [5, 5.41) is 22.0. The monoisotopic (exact) mass is 444 g/mol. The van der Waals surface area contributed by atoms with Gasteiger partial charge >= 0.3 is 0 Å². The highest BCUT2D eigenvalue weighted by Gasteiger charge is 2.47. The molecule has 1 N–H and O–H groups in total. The number of aliphatic hydroxyl groups is 1. The smallest absolute Gasteiger partial charge is 0.300 e. The second-order valence-electron chi connectivity index (χ2n) is 7.67. The summed E-state index contributed by atoms with van der Waals surface area (Å²) in [4.78, 5) is 43.9. The molecule has 9 heteroatoms. The lowest BCUT2D eigenvalue weighted by Gasteiger charge is -2.25. The first-order valence-electron chi connectivity index (χ1n) is 10.0. The summed E-state index contributed by atoms with van der Waals surface area (Å²) in [6.07, 6.45) is 3.10. The van der Waals surface area contributed by atoms with Gasteiger partial charge in [0.2, 0.25) is 0 Å². The van der Waals surface area contributed by atoms with E-state index in [0.29, 0.717) is 11.3 Å². The Morgan fingerprint density at radius 2 is 1.73 bits per heavy atom. The second-order valence-corrected chi connectivity index (χ2v) is 7.67. The highest BCUT2D eigenvalue weighted by Crippen LogP contribution is 2.42. The molecule has 3 aromatic rings. The van der Waals surface area contributed by atoms with E-state index < -0.39 is 28.4 Å². The van der Waals surface area contributed by atoms with Crippen LogP contribution in [0.3, 0.4) is 0 Å². The van der Waals surface area contributed by atoms with Crippen LogP contribution in [0.25, 0.3) is 5.76 Å². The van der Waals surface area contributed by atoms with E-state index in [4.69, 9.17) is 0 Å². The number of pyridine rings is 1. The van der Waals surface area contributed by atoms with E-state index in [9.17, 15) is 24.8 Å². The normalized spacial score (nSPS) is 17.3. The predicted molar refractivity (Wildman–Crippen MR) is 123 cm³/mol. The molecule has 33 heavy (non-hydrogen) atoms. The number of hydrogen-bond acceptors (Lipinski definition) is 7. The molecule has 0 saturated carbocycles. The molecule has 1 aliphatic heterocycles. The number of carbonyl (C=O) groups is 2. The number of anilines is 2. The molecule has 0 aliphatic carbocycles. The van der Waals surface area contributed by atoms with Gasteiger partial charge in [0, 0.05) is 55.6 Å². The van der Waals surface area contributed by atoms with E-state index >= 15 is 0 Å². The van der Waals surface area contributed by atoms with Crippen LogP contribution < -0.4 is 9.80 Å². The molecule has 4 rings (SSSR count). The first-order chi connectivity index (χ1) is 15.8. The molecule has 1 amide bonds. The molecule has 0 spiro atoms. The number of nitrogens with zero attached hydrogens (tertiary/aromatic N) is 4. The van der Waals surface area contributed by atoms with Gasteiger partial charge in [0.25, 0.3) is 17.4 Å². The zero-order valence-corrected chi connectivity index (χ0v) is 17.9. The lowest BCUT2D eigenvalue weighted by Crippen LogP contribution is -2.29. The summed E-state index contributed by atoms with van der Waals surface area (Å²) in [5.74, 6) is -2.05. The SMILES string of the molecule is CN(C)c1ccc(N2C(=O)C(=O)/C(=C(\O)c3ccc([N+](=O)[O-])cc3)C2c2cccnc2)cc1. The molecule has 1 unspecified atom stereocenters. The van der Waals surface area contributed by atoms with Crippen molar-refractivity contribution in [3.8, 4) is 0 Å². The molecule has 2 heterocycles. The molecule has 0 radical (unpaired) electrons. The number of benzene rings is 2. The maximum Gasteiger partial charge on any atom is 0.300 e. The van der Waals surface area contributed by atoms with E-state index in [2.05, 4.69) is 4.98 Å². The van der Waals surface area contributed by atoms with E-state index in [0.717, 1.165) is 5.69 Å². The molecule has 9 nitrogen and oxygen atoms in total. The second kappa shape index (κ2) is 8.54. The zero-order valence-electron chi connectivity index (χ0n) is 17.9. The van der Waals surface area contributed by atoms with Crippen LogP contribution in [-0.4, -0.2) is 40.8 Å². The van der Waals surface area contributed by atoms with Gasteiger partial charge in [-0.1, -0.05) is 6.07 Å². The topological polar surface area (TPSA) is 117 Å². The van der Waals surface area contributed by atoms with Gasteiger partial charge in [-0.3, -0.25) is 29.6 Å². The van der Waals surface area contributed by atoms with Crippen molar-refractivity contribution < 1.29 is 19.6 Å². The van der Waals surface area contributed by atoms with Gasteiger partial charge in [-0.2, -0.15) is 0 Å². The van der Waals surface area contributed by atoms with E-state index in [1.54, 1.807) is 30.5 Å². The number of nitro benzene ring substituents is 1. The molecule has 1 aliphatic rings. The van der Waals surface area contributed by atoms with E-state index in [1.807, 2.05) is 31.1 Å². The minimum atomic E-state index is -0.918. The molecule has 0 bridgehead atoms. The third-order valence-electron chi connectivity index (χ3n) is 5.44. The number of nitro groups is 1. The largest absolute Gasteiger partial charge is 0.507 e. The van der Waals surface area contributed by atoms with Crippen molar-refractivity contribution >= 4 is 34.5 Å². The van der Waals surface area contributed by atoms with Crippen molar-refractivity contribution in [1.82, 2.24) is 4.98 Å². The third-order valence-corrected chi connectivity index (χ3v) is 5.44. The molecular formula is C24H20N4O5. The van der Waals surface area contributed by atoms with Crippen LogP contribution in [0.1, 0.15) is 17.2 Å². The fourth-order valence-corrected chi connectivity index (χ4v) is 3.76. The Bertz CT molecular complexity index is 1250. The standard InChI is InChI=1S/C24H20N4O5/c1-26(2)17-9-11-18(12-10-17)27-21(16-4-3-13-25-14-16)20(23(30)24(27)31)22(29)15-5-7-19(8-6-15)28(32)33/h3-14,21,29H,1-2H3/b22-20-. The fraction of sp³-hybridized carbons (Fsp3) is 0.125. The number of aromatic nitrogens is 1. The van der Waals surface area contributed by atoms with Gasteiger partial charge in [0.05, 0.1) is 16.5 Å². The van der Waals surface area contributed by atoms with Crippen LogP contribution in [0.2, 0.25) is 0 Å². The number of Topliss-reactive ketones (excluding diaryl/α,β-unsaturated/α-hetero) is 1. The molecule has 1 atom stereocenters. The maximum absolute atomic E-state index is 13.1. The highest BCUT2D eigenvalue weighted by atomic mass is 16.6. The average molecular weight is 444 g/mol. The quantitative estimate of drug-likeness (QED) is 0.210. The Balaban J connectivity index is 1.87. The van der Waals surface area contributed by atoms with Crippen LogP contribution in [0.4, 0.5) is 17.1 Å². The summed E-state index contributed by atoms with van der Waals surface area (Å²) in [7, 11) is 3.78.